The van der Waals surface area contributed by atoms with Crippen LogP contribution in [0.4, 0.5) is 5.82 Å². The smallest absolute Gasteiger partial charge is 0.168 e. The predicted molar refractivity (Wildman–Crippen MR) is 109 cm³/mol. The number of hydrogen-bond acceptors (Lipinski definition) is 9. The molecule has 0 saturated carbocycles. The van der Waals surface area contributed by atoms with E-state index < -0.39 is 30.6 Å². The standard InChI is InChI=1S/C18H22ClN5O4S/c1-9(5-12-10(19)3-4-29-12)23-15-13-16(21-7-20-15)24(8-22-13)17-18(2,27)14(26)11(6-25)28-17/h3-4,7-9,11,14,17,25-27H,5-6H2,1-2H3,(H,20,21,23)/t9-,11-,14-,17-,18-/m1/s1. The van der Waals surface area contributed by atoms with E-state index in [1.807, 2.05) is 18.4 Å². The van der Waals surface area contributed by atoms with Gasteiger partial charge in [-0.3, -0.25) is 4.57 Å². The number of nitrogens with one attached hydrogen (secondary N) is 1. The Labute approximate surface area is 176 Å². The molecule has 0 radical (unpaired) electrons. The van der Waals surface area contributed by atoms with Gasteiger partial charge in [-0.1, -0.05) is 11.6 Å². The summed E-state index contributed by atoms with van der Waals surface area (Å²) in [5.74, 6) is 0.547. The number of imidazole rings is 1. The number of ether oxygens (including phenoxy) is 1. The van der Waals surface area contributed by atoms with Gasteiger partial charge in [0.05, 0.1) is 18.0 Å². The summed E-state index contributed by atoms with van der Waals surface area (Å²) in [5, 5.41) is 36.4. The Morgan fingerprint density at radius 3 is 2.86 bits per heavy atom. The van der Waals surface area contributed by atoms with Gasteiger partial charge in [0.2, 0.25) is 0 Å². The summed E-state index contributed by atoms with van der Waals surface area (Å²) in [6.45, 7) is 3.07. The summed E-state index contributed by atoms with van der Waals surface area (Å²) >= 11 is 7.79. The molecule has 0 aromatic carbocycles. The van der Waals surface area contributed by atoms with Crippen LogP contribution in [-0.4, -0.2) is 65.3 Å². The summed E-state index contributed by atoms with van der Waals surface area (Å²) in [7, 11) is 0. The monoisotopic (exact) mass is 439 g/mol. The number of rotatable bonds is 6. The topological polar surface area (TPSA) is 126 Å². The van der Waals surface area contributed by atoms with Crippen molar-refractivity contribution in [2.24, 2.45) is 0 Å². The molecule has 29 heavy (non-hydrogen) atoms. The van der Waals surface area contributed by atoms with Crippen LogP contribution in [0.2, 0.25) is 5.02 Å². The maximum atomic E-state index is 10.7. The van der Waals surface area contributed by atoms with Gasteiger partial charge in [0, 0.05) is 17.3 Å². The molecular weight excluding hydrogens is 418 g/mol. The SMILES string of the molecule is C[C@H](Cc1sccc1Cl)Nc1ncnc2c1ncn2[C@@H]1O[C@H](CO)[C@@H](O)[C@@]1(C)O. The third-order valence-corrected chi connectivity index (χ3v) is 6.52. The minimum absolute atomic E-state index is 0.0424. The first-order chi connectivity index (χ1) is 13.8. The largest absolute Gasteiger partial charge is 0.394 e. The fourth-order valence-electron chi connectivity index (χ4n) is 3.55. The van der Waals surface area contributed by atoms with Gasteiger partial charge >= 0.3 is 0 Å². The Morgan fingerprint density at radius 2 is 2.21 bits per heavy atom. The second-order valence-electron chi connectivity index (χ2n) is 7.37. The molecule has 4 N–H and O–H groups in total. The van der Waals surface area contributed by atoms with Gasteiger partial charge in [-0.15, -0.1) is 11.3 Å². The van der Waals surface area contributed by atoms with E-state index in [-0.39, 0.29) is 6.04 Å². The highest BCUT2D eigenvalue weighted by Gasteiger charge is 2.53. The molecule has 1 aliphatic rings. The Hall–Kier alpha value is -1.82. The first-order valence-corrected chi connectivity index (χ1v) is 10.4. The van der Waals surface area contributed by atoms with E-state index in [1.165, 1.54) is 19.6 Å². The Balaban J connectivity index is 1.61. The van der Waals surface area contributed by atoms with Crippen molar-refractivity contribution in [1.29, 1.82) is 0 Å². The van der Waals surface area contributed by atoms with Crippen LogP contribution < -0.4 is 5.32 Å². The lowest BCUT2D eigenvalue weighted by Crippen LogP contribution is -2.44. The third-order valence-electron chi connectivity index (χ3n) is 5.11. The molecule has 4 heterocycles. The summed E-state index contributed by atoms with van der Waals surface area (Å²) in [6.07, 6.45) is 0.513. The molecule has 5 atom stereocenters. The second-order valence-corrected chi connectivity index (χ2v) is 8.78. The molecule has 1 aliphatic heterocycles. The highest BCUT2D eigenvalue weighted by Crippen LogP contribution is 2.39. The van der Waals surface area contributed by atoms with E-state index in [2.05, 4.69) is 20.3 Å². The lowest BCUT2D eigenvalue weighted by Gasteiger charge is -2.27. The zero-order valence-electron chi connectivity index (χ0n) is 15.9. The van der Waals surface area contributed by atoms with Crippen LogP contribution in [0.5, 0.6) is 0 Å². The third kappa shape index (κ3) is 3.60. The molecule has 3 aromatic heterocycles. The van der Waals surface area contributed by atoms with Gasteiger partial charge in [0.15, 0.2) is 23.2 Å². The fourth-order valence-corrected chi connectivity index (χ4v) is 4.80. The molecule has 0 amide bonds. The van der Waals surface area contributed by atoms with Crippen molar-refractivity contribution in [3.05, 3.63) is 34.0 Å². The lowest BCUT2D eigenvalue weighted by molar-refractivity contribution is -0.0950. The van der Waals surface area contributed by atoms with E-state index in [0.29, 0.717) is 17.0 Å². The quantitative estimate of drug-likeness (QED) is 0.456. The van der Waals surface area contributed by atoms with Gasteiger partial charge in [-0.2, -0.15) is 0 Å². The number of anilines is 1. The van der Waals surface area contributed by atoms with E-state index in [0.717, 1.165) is 16.3 Å². The van der Waals surface area contributed by atoms with Crippen LogP contribution in [0.1, 0.15) is 25.0 Å². The summed E-state index contributed by atoms with van der Waals surface area (Å²) < 4.78 is 7.22. The molecule has 156 valence electrons. The number of fused-ring (bicyclic) bond motifs is 1. The second kappa shape index (κ2) is 7.78. The van der Waals surface area contributed by atoms with Crippen LogP contribution in [-0.2, 0) is 11.2 Å². The molecule has 11 heteroatoms. The Kier molecular flexibility index (Phi) is 5.49. The average Bonchev–Trinajstić information content (AvgIpc) is 3.34. The molecule has 0 spiro atoms. The maximum Gasteiger partial charge on any atom is 0.168 e. The maximum absolute atomic E-state index is 10.7. The highest BCUT2D eigenvalue weighted by molar-refractivity contribution is 7.10. The number of halogens is 1. The zero-order valence-corrected chi connectivity index (χ0v) is 17.4. The normalized spacial score (nSPS) is 28.1. The Bertz CT molecular complexity index is 1010. The highest BCUT2D eigenvalue weighted by atomic mass is 35.5. The van der Waals surface area contributed by atoms with Crippen molar-refractivity contribution >= 4 is 39.9 Å². The minimum Gasteiger partial charge on any atom is -0.394 e. The van der Waals surface area contributed by atoms with Crippen LogP contribution >= 0.6 is 22.9 Å². The van der Waals surface area contributed by atoms with Crippen molar-refractivity contribution in [2.45, 2.75) is 50.3 Å². The van der Waals surface area contributed by atoms with Crippen LogP contribution in [0.15, 0.2) is 24.1 Å². The van der Waals surface area contributed by atoms with Crippen LogP contribution in [0.25, 0.3) is 11.2 Å². The van der Waals surface area contributed by atoms with Gasteiger partial charge in [0.25, 0.3) is 0 Å². The average molecular weight is 440 g/mol. The molecule has 0 bridgehead atoms. The number of aliphatic hydroxyl groups excluding tert-OH is 2. The molecule has 1 fully saturated rings. The molecular formula is C18H22ClN5O4S. The van der Waals surface area contributed by atoms with E-state index in [4.69, 9.17) is 16.3 Å². The summed E-state index contributed by atoms with van der Waals surface area (Å²) in [6, 6.07) is 1.92. The number of hydrogen-bond donors (Lipinski definition) is 4. The first-order valence-electron chi connectivity index (χ1n) is 9.15. The van der Waals surface area contributed by atoms with E-state index >= 15 is 0 Å². The lowest BCUT2D eigenvalue weighted by atomic mass is 9.96. The van der Waals surface area contributed by atoms with Gasteiger partial charge in [-0.25, -0.2) is 15.0 Å². The molecule has 4 rings (SSSR count). The minimum atomic E-state index is -1.62. The first kappa shape index (κ1) is 20.5. The number of thiophene rings is 1. The molecule has 0 aliphatic carbocycles. The zero-order chi connectivity index (χ0) is 20.8. The Morgan fingerprint density at radius 1 is 1.41 bits per heavy atom. The number of aromatic nitrogens is 4. The summed E-state index contributed by atoms with van der Waals surface area (Å²) in [5.41, 5.74) is -0.666. The molecule has 0 unspecified atom stereocenters. The molecule has 9 nitrogen and oxygen atoms in total. The van der Waals surface area contributed by atoms with Crippen molar-refractivity contribution in [3.63, 3.8) is 0 Å². The van der Waals surface area contributed by atoms with Crippen molar-refractivity contribution in [2.75, 3.05) is 11.9 Å². The summed E-state index contributed by atoms with van der Waals surface area (Å²) in [4.78, 5) is 14.1. The molecule has 1 saturated heterocycles. The van der Waals surface area contributed by atoms with Gasteiger partial charge in [0.1, 0.15) is 24.1 Å². The predicted octanol–water partition coefficient (Wildman–Crippen LogP) is 1.59. The number of nitrogens with zero attached hydrogens (tertiary/aromatic N) is 4. The van der Waals surface area contributed by atoms with Crippen LogP contribution in [0, 0.1) is 0 Å². The van der Waals surface area contributed by atoms with Crippen LogP contribution in [0.3, 0.4) is 0 Å². The number of aliphatic hydroxyl groups is 3. The van der Waals surface area contributed by atoms with E-state index in [9.17, 15) is 15.3 Å². The van der Waals surface area contributed by atoms with Crippen molar-refractivity contribution < 1.29 is 20.1 Å². The van der Waals surface area contributed by atoms with Crippen molar-refractivity contribution in [1.82, 2.24) is 19.5 Å². The van der Waals surface area contributed by atoms with E-state index in [1.54, 1.807) is 15.9 Å². The van der Waals surface area contributed by atoms with Gasteiger partial charge < -0.3 is 25.4 Å². The van der Waals surface area contributed by atoms with Crippen molar-refractivity contribution in [3.8, 4) is 0 Å². The fraction of sp³-hybridized carbons (Fsp3) is 0.500. The molecule has 3 aromatic rings. The van der Waals surface area contributed by atoms with Gasteiger partial charge in [-0.05, 0) is 25.3 Å².